The lowest BCUT2D eigenvalue weighted by Gasteiger charge is -2.08. The first-order valence-electron chi connectivity index (χ1n) is 7.07. The van der Waals surface area contributed by atoms with Crippen LogP contribution in [-0.4, -0.2) is 27.8 Å². The van der Waals surface area contributed by atoms with Crippen molar-refractivity contribution in [2.75, 3.05) is 12.4 Å². The van der Waals surface area contributed by atoms with Gasteiger partial charge in [0.1, 0.15) is 12.3 Å². The lowest BCUT2D eigenvalue weighted by molar-refractivity contribution is -0.117. The minimum Gasteiger partial charge on any atom is -0.497 e. The summed E-state index contributed by atoms with van der Waals surface area (Å²) in [7, 11) is 1.58. The van der Waals surface area contributed by atoms with Crippen LogP contribution in [0.2, 0.25) is 0 Å². The number of carbonyl (C=O) groups is 1. The van der Waals surface area contributed by atoms with Gasteiger partial charge in [-0.05, 0) is 18.2 Å². The Morgan fingerprint density at radius 3 is 2.96 bits per heavy atom. The molecule has 1 aromatic carbocycles. The van der Waals surface area contributed by atoms with Crippen LogP contribution in [0.4, 0.5) is 5.13 Å². The number of anilines is 1. The smallest absolute Gasteiger partial charge is 0.267 e. The van der Waals surface area contributed by atoms with E-state index in [2.05, 4.69) is 15.4 Å². The van der Waals surface area contributed by atoms with Crippen molar-refractivity contribution in [2.45, 2.75) is 6.54 Å². The van der Waals surface area contributed by atoms with Crippen LogP contribution in [0.3, 0.4) is 0 Å². The molecule has 0 saturated carbocycles. The molecule has 3 aromatic rings. The van der Waals surface area contributed by atoms with Gasteiger partial charge in [0.2, 0.25) is 5.91 Å². The summed E-state index contributed by atoms with van der Waals surface area (Å²) in [6.45, 7) is -0.184. The molecule has 7 nitrogen and oxygen atoms in total. The molecule has 3 rings (SSSR count). The summed E-state index contributed by atoms with van der Waals surface area (Å²) in [4.78, 5) is 27.9. The van der Waals surface area contributed by atoms with Crippen molar-refractivity contribution in [3.05, 3.63) is 58.3 Å². The van der Waals surface area contributed by atoms with Gasteiger partial charge in [0.05, 0.1) is 12.8 Å². The van der Waals surface area contributed by atoms with Gasteiger partial charge in [0.25, 0.3) is 5.56 Å². The van der Waals surface area contributed by atoms with Gasteiger partial charge < -0.3 is 10.1 Å². The summed E-state index contributed by atoms with van der Waals surface area (Å²) in [6.07, 6.45) is 1.59. The number of hydrogen-bond acceptors (Lipinski definition) is 6. The van der Waals surface area contributed by atoms with Crippen LogP contribution >= 0.6 is 11.3 Å². The SMILES string of the molecule is COc1cccc(-c2ccc(=O)n(CC(=O)Nc3nccs3)n2)c1. The summed E-state index contributed by atoms with van der Waals surface area (Å²) < 4.78 is 6.31. The highest BCUT2D eigenvalue weighted by Gasteiger charge is 2.09. The predicted octanol–water partition coefficient (Wildman–Crippen LogP) is 2.01. The highest BCUT2D eigenvalue weighted by atomic mass is 32.1. The van der Waals surface area contributed by atoms with E-state index in [9.17, 15) is 9.59 Å². The van der Waals surface area contributed by atoms with Crippen LogP contribution in [0.15, 0.2) is 52.8 Å². The van der Waals surface area contributed by atoms with E-state index >= 15 is 0 Å². The number of rotatable bonds is 5. The highest BCUT2D eigenvalue weighted by molar-refractivity contribution is 7.13. The fourth-order valence-electron chi connectivity index (χ4n) is 2.08. The minimum absolute atomic E-state index is 0.184. The fraction of sp³-hybridized carbons (Fsp3) is 0.125. The van der Waals surface area contributed by atoms with E-state index in [4.69, 9.17) is 4.74 Å². The topological polar surface area (TPSA) is 86.1 Å². The molecule has 8 heteroatoms. The summed E-state index contributed by atoms with van der Waals surface area (Å²) in [6, 6.07) is 10.3. The second kappa shape index (κ2) is 7.05. The predicted molar refractivity (Wildman–Crippen MR) is 91.2 cm³/mol. The Labute approximate surface area is 141 Å². The lowest BCUT2D eigenvalue weighted by atomic mass is 10.1. The Balaban J connectivity index is 1.83. The summed E-state index contributed by atoms with van der Waals surface area (Å²) in [5, 5.41) is 9.12. The van der Waals surface area contributed by atoms with E-state index in [1.807, 2.05) is 24.3 Å². The number of ether oxygens (including phenoxy) is 1. The maximum absolute atomic E-state index is 12.0. The second-order valence-electron chi connectivity index (χ2n) is 4.83. The molecule has 0 bridgehead atoms. The van der Waals surface area contributed by atoms with Gasteiger partial charge >= 0.3 is 0 Å². The van der Waals surface area contributed by atoms with Crippen molar-refractivity contribution in [1.29, 1.82) is 0 Å². The molecular weight excluding hydrogens is 328 g/mol. The Hall–Kier alpha value is -3.00. The van der Waals surface area contributed by atoms with Crippen LogP contribution in [0.25, 0.3) is 11.3 Å². The van der Waals surface area contributed by atoms with Crippen LogP contribution in [0.5, 0.6) is 5.75 Å². The number of nitrogens with one attached hydrogen (secondary N) is 1. The van der Waals surface area contributed by atoms with Crippen LogP contribution in [-0.2, 0) is 11.3 Å². The van der Waals surface area contributed by atoms with E-state index in [1.165, 1.54) is 17.4 Å². The van der Waals surface area contributed by atoms with Crippen LogP contribution < -0.4 is 15.6 Å². The fourth-order valence-corrected chi connectivity index (χ4v) is 2.62. The number of thiazole rings is 1. The maximum Gasteiger partial charge on any atom is 0.267 e. The lowest BCUT2D eigenvalue weighted by Crippen LogP contribution is -2.29. The molecule has 122 valence electrons. The van der Waals surface area contributed by atoms with E-state index < -0.39 is 0 Å². The Morgan fingerprint density at radius 1 is 1.33 bits per heavy atom. The first-order chi connectivity index (χ1) is 11.7. The largest absolute Gasteiger partial charge is 0.497 e. The number of carbonyl (C=O) groups excluding carboxylic acids is 1. The van der Waals surface area contributed by atoms with Crippen molar-refractivity contribution in [3.8, 4) is 17.0 Å². The first kappa shape index (κ1) is 15.9. The molecule has 1 N–H and O–H groups in total. The van der Waals surface area contributed by atoms with Crippen LogP contribution in [0.1, 0.15) is 0 Å². The third-order valence-corrected chi connectivity index (χ3v) is 3.89. The van der Waals surface area contributed by atoms with Crippen molar-refractivity contribution in [3.63, 3.8) is 0 Å². The molecule has 2 heterocycles. The zero-order valence-corrected chi connectivity index (χ0v) is 13.6. The Kier molecular flexibility index (Phi) is 4.66. The number of amides is 1. The molecule has 0 aliphatic carbocycles. The van der Waals surface area contributed by atoms with Gasteiger partial charge in [-0.25, -0.2) is 9.67 Å². The highest BCUT2D eigenvalue weighted by Crippen LogP contribution is 2.21. The van der Waals surface area contributed by atoms with Gasteiger partial charge in [0.15, 0.2) is 5.13 Å². The summed E-state index contributed by atoms with van der Waals surface area (Å²) in [5.74, 6) is 0.330. The first-order valence-corrected chi connectivity index (χ1v) is 7.95. The molecule has 24 heavy (non-hydrogen) atoms. The van der Waals surface area contributed by atoms with Gasteiger partial charge in [0, 0.05) is 23.2 Å². The number of benzene rings is 1. The van der Waals surface area contributed by atoms with E-state index in [0.717, 1.165) is 10.2 Å². The number of nitrogens with zero attached hydrogens (tertiary/aromatic N) is 3. The quantitative estimate of drug-likeness (QED) is 0.766. The van der Waals surface area contributed by atoms with Gasteiger partial charge in [-0.2, -0.15) is 5.10 Å². The molecule has 2 aromatic heterocycles. The van der Waals surface area contributed by atoms with Gasteiger partial charge in [-0.3, -0.25) is 9.59 Å². The molecule has 0 aliphatic heterocycles. The number of hydrogen-bond donors (Lipinski definition) is 1. The van der Waals surface area contributed by atoms with E-state index in [-0.39, 0.29) is 18.0 Å². The molecule has 0 aliphatic rings. The third kappa shape index (κ3) is 3.66. The standard InChI is InChI=1S/C16H14N4O3S/c1-23-12-4-2-3-11(9-12)13-5-6-15(22)20(19-13)10-14(21)18-16-17-7-8-24-16/h2-9H,10H2,1H3,(H,17,18,21). The minimum atomic E-state index is -0.359. The van der Waals surface area contributed by atoms with Crippen molar-refractivity contribution in [1.82, 2.24) is 14.8 Å². The molecule has 0 atom stereocenters. The zero-order valence-electron chi connectivity index (χ0n) is 12.8. The zero-order chi connectivity index (χ0) is 16.9. The van der Waals surface area contributed by atoms with E-state index in [1.54, 1.807) is 24.8 Å². The molecule has 0 fully saturated rings. The molecule has 0 unspecified atom stereocenters. The Morgan fingerprint density at radius 2 is 2.21 bits per heavy atom. The molecule has 1 amide bonds. The molecule has 0 spiro atoms. The number of aromatic nitrogens is 3. The van der Waals surface area contributed by atoms with Crippen molar-refractivity contribution in [2.24, 2.45) is 0 Å². The average Bonchev–Trinajstić information content (AvgIpc) is 3.09. The van der Waals surface area contributed by atoms with Crippen molar-refractivity contribution < 1.29 is 9.53 Å². The molecule has 0 saturated heterocycles. The van der Waals surface area contributed by atoms with Crippen LogP contribution in [0, 0.1) is 0 Å². The van der Waals surface area contributed by atoms with Gasteiger partial charge in [-0.1, -0.05) is 12.1 Å². The summed E-state index contributed by atoms with van der Waals surface area (Å²) in [5.41, 5.74) is 1.02. The average molecular weight is 342 g/mol. The van der Waals surface area contributed by atoms with Crippen molar-refractivity contribution >= 4 is 22.4 Å². The third-order valence-electron chi connectivity index (χ3n) is 3.20. The molecule has 0 radical (unpaired) electrons. The Bertz CT molecular complexity index is 906. The monoisotopic (exact) mass is 342 g/mol. The number of methoxy groups -OCH3 is 1. The van der Waals surface area contributed by atoms with Gasteiger partial charge in [-0.15, -0.1) is 11.3 Å². The maximum atomic E-state index is 12.0. The second-order valence-corrected chi connectivity index (χ2v) is 5.73. The normalized spacial score (nSPS) is 10.4. The summed E-state index contributed by atoms with van der Waals surface area (Å²) >= 11 is 1.31. The van der Waals surface area contributed by atoms with E-state index in [0.29, 0.717) is 16.6 Å². The molecular formula is C16H14N4O3S.